The summed E-state index contributed by atoms with van der Waals surface area (Å²) in [6.45, 7) is 7.40. The van der Waals surface area contributed by atoms with Crippen LogP contribution in [-0.2, 0) is 9.53 Å². The maximum Gasteiger partial charge on any atom is 0.319 e. The first kappa shape index (κ1) is 17.8. The predicted molar refractivity (Wildman–Crippen MR) is 76.8 cm³/mol. The van der Waals surface area contributed by atoms with Crippen LogP contribution in [0.5, 0.6) is 0 Å². The topological polar surface area (TPSA) is 26.3 Å². The predicted octanol–water partition coefficient (Wildman–Crippen LogP) is 4.37. The third-order valence-electron chi connectivity index (χ3n) is 2.48. The van der Waals surface area contributed by atoms with Gasteiger partial charge in [-0.2, -0.15) is 0 Å². The summed E-state index contributed by atoms with van der Waals surface area (Å²) in [5.41, 5.74) is 0. The molecule has 0 heterocycles. The highest BCUT2D eigenvalue weighted by Crippen LogP contribution is 2.21. The quantitative estimate of drug-likeness (QED) is 0.438. The van der Waals surface area contributed by atoms with E-state index in [1.54, 1.807) is 18.7 Å². The molecule has 0 bridgehead atoms. The Labute approximate surface area is 115 Å². The number of thioether (sulfide) groups is 1. The molecule has 0 rings (SSSR count). The van der Waals surface area contributed by atoms with E-state index < -0.39 is 6.17 Å². The minimum atomic E-state index is -0.715. The summed E-state index contributed by atoms with van der Waals surface area (Å²) >= 11 is 1.65. The summed E-state index contributed by atoms with van der Waals surface area (Å²) in [5, 5.41) is -0.0554. The second-order valence-electron chi connectivity index (χ2n) is 4.91. The van der Waals surface area contributed by atoms with Gasteiger partial charge in [0.25, 0.3) is 0 Å². The van der Waals surface area contributed by atoms with E-state index in [0.29, 0.717) is 6.42 Å². The number of halogens is 1. The summed E-state index contributed by atoms with van der Waals surface area (Å²) in [4.78, 5) is 11.8. The molecule has 2 nitrogen and oxygen atoms in total. The lowest BCUT2D eigenvalue weighted by Crippen LogP contribution is -2.23. The first-order valence-electron chi connectivity index (χ1n) is 6.93. The summed E-state index contributed by atoms with van der Waals surface area (Å²) in [6.07, 6.45) is 3.55. The highest BCUT2D eigenvalue weighted by atomic mass is 32.2. The van der Waals surface area contributed by atoms with Crippen LogP contribution in [0, 0.1) is 0 Å². The van der Waals surface area contributed by atoms with E-state index in [1.165, 1.54) is 0 Å². The smallest absolute Gasteiger partial charge is 0.319 e. The molecule has 0 aliphatic rings. The van der Waals surface area contributed by atoms with Gasteiger partial charge in [0.05, 0.1) is 12.3 Å². The van der Waals surface area contributed by atoms with Crippen LogP contribution in [0.1, 0.15) is 59.8 Å². The molecule has 0 aliphatic carbocycles. The average Bonchev–Trinajstić information content (AvgIpc) is 2.25. The fourth-order valence-corrected chi connectivity index (χ4v) is 2.84. The Morgan fingerprint density at radius 1 is 1.22 bits per heavy atom. The molecule has 4 heteroatoms. The number of ether oxygens (including phenoxy) is 1. The van der Waals surface area contributed by atoms with Crippen LogP contribution < -0.4 is 0 Å². The largest absolute Gasteiger partial charge is 0.462 e. The highest BCUT2D eigenvalue weighted by molar-refractivity contribution is 8.00. The molecular weight excluding hydrogens is 251 g/mol. The SMILES string of the molecule is CCCC(SCCCCC(C)F)C(=O)OC(C)C. The summed E-state index contributed by atoms with van der Waals surface area (Å²) < 4.78 is 17.8. The Morgan fingerprint density at radius 2 is 1.89 bits per heavy atom. The van der Waals surface area contributed by atoms with Crippen molar-refractivity contribution < 1.29 is 13.9 Å². The van der Waals surface area contributed by atoms with Crippen molar-refractivity contribution >= 4 is 17.7 Å². The molecule has 0 aromatic heterocycles. The lowest BCUT2D eigenvalue weighted by atomic mass is 10.2. The van der Waals surface area contributed by atoms with Gasteiger partial charge in [-0.1, -0.05) is 13.3 Å². The monoisotopic (exact) mass is 278 g/mol. The zero-order valence-electron chi connectivity index (χ0n) is 12.1. The van der Waals surface area contributed by atoms with Gasteiger partial charge in [0.1, 0.15) is 5.25 Å². The van der Waals surface area contributed by atoms with Crippen molar-refractivity contribution in [3.05, 3.63) is 0 Å². The fraction of sp³-hybridized carbons (Fsp3) is 0.929. The maximum atomic E-state index is 12.6. The zero-order valence-corrected chi connectivity index (χ0v) is 12.9. The minimum Gasteiger partial charge on any atom is -0.462 e. The molecule has 0 aromatic carbocycles. The van der Waals surface area contributed by atoms with Crippen LogP contribution in [0.15, 0.2) is 0 Å². The van der Waals surface area contributed by atoms with E-state index in [-0.39, 0.29) is 17.3 Å². The molecule has 2 atom stereocenters. The van der Waals surface area contributed by atoms with Crippen molar-refractivity contribution in [2.24, 2.45) is 0 Å². The molecule has 0 fully saturated rings. The molecule has 108 valence electrons. The molecule has 0 saturated carbocycles. The fourth-order valence-electron chi connectivity index (χ4n) is 1.59. The second-order valence-corrected chi connectivity index (χ2v) is 6.22. The van der Waals surface area contributed by atoms with Crippen molar-refractivity contribution in [1.29, 1.82) is 0 Å². The molecule has 18 heavy (non-hydrogen) atoms. The minimum absolute atomic E-state index is 0.0511. The number of carbonyl (C=O) groups is 1. The normalized spacial score (nSPS) is 14.6. The zero-order chi connectivity index (χ0) is 14.0. The van der Waals surface area contributed by atoms with Gasteiger partial charge in [-0.05, 0) is 52.2 Å². The maximum absolute atomic E-state index is 12.6. The molecule has 0 N–H and O–H groups in total. The first-order chi connectivity index (χ1) is 8.47. The van der Waals surface area contributed by atoms with Crippen LogP contribution in [0.3, 0.4) is 0 Å². The number of carbonyl (C=O) groups excluding carboxylic acids is 1. The third kappa shape index (κ3) is 9.75. The molecular formula is C14H27FO2S. The van der Waals surface area contributed by atoms with Gasteiger partial charge < -0.3 is 4.74 Å². The number of esters is 1. The molecule has 0 aliphatic heterocycles. The van der Waals surface area contributed by atoms with Crippen LogP contribution in [0.25, 0.3) is 0 Å². The molecule has 0 saturated heterocycles. The van der Waals surface area contributed by atoms with Gasteiger partial charge >= 0.3 is 5.97 Å². The Balaban J connectivity index is 3.85. The van der Waals surface area contributed by atoms with E-state index in [9.17, 15) is 9.18 Å². The lowest BCUT2D eigenvalue weighted by Gasteiger charge is -2.16. The molecule has 0 spiro atoms. The third-order valence-corrected chi connectivity index (χ3v) is 3.84. The van der Waals surface area contributed by atoms with Gasteiger partial charge in [-0.15, -0.1) is 11.8 Å². The van der Waals surface area contributed by atoms with Gasteiger partial charge in [-0.25, -0.2) is 4.39 Å². The van der Waals surface area contributed by atoms with Crippen LogP contribution in [-0.4, -0.2) is 29.2 Å². The van der Waals surface area contributed by atoms with Gasteiger partial charge in [0, 0.05) is 0 Å². The van der Waals surface area contributed by atoms with Gasteiger partial charge in [0.15, 0.2) is 0 Å². The van der Waals surface area contributed by atoms with E-state index in [0.717, 1.165) is 31.4 Å². The van der Waals surface area contributed by atoms with E-state index in [4.69, 9.17) is 4.74 Å². The highest BCUT2D eigenvalue weighted by Gasteiger charge is 2.20. The average molecular weight is 278 g/mol. The Morgan fingerprint density at radius 3 is 2.39 bits per heavy atom. The molecule has 2 unspecified atom stereocenters. The van der Waals surface area contributed by atoms with Crippen LogP contribution in [0.2, 0.25) is 0 Å². The first-order valence-corrected chi connectivity index (χ1v) is 7.98. The number of unbranched alkanes of at least 4 members (excludes halogenated alkanes) is 1. The Hall–Kier alpha value is -0.250. The number of hydrogen-bond donors (Lipinski definition) is 0. The van der Waals surface area contributed by atoms with Crippen molar-refractivity contribution in [3.8, 4) is 0 Å². The number of rotatable bonds is 10. The summed E-state index contributed by atoms with van der Waals surface area (Å²) in [5.74, 6) is 0.806. The molecule has 0 amide bonds. The van der Waals surface area contributed by atoms with Gasteiger partial charge in [-0.3, -0.25) is 4.79 Å². The lowest BCUT2D eigenvalue weighted by molar-refractivity contribution is -0.146. The van der Waals surface area contributed by atoms with E-state index in [1.807, 2.05) is 13.8 Å². The van der Waals surface area contributed by atoms with E-state index in [2.05, 4.69) is 6.92 Å². The van der Waals surface area contributed by atoms with Crippen LogP contribution >= 0.6 is 11.8 Å². The van der Waals surface area contributed by atoms with Crippen molar-refractivity contribution in [2.75, 3.05) is 5.75 Å². The Kier molecular flexibility index (Phi) is 10.5. The van der Waals surface area contributed by atoms with Crippen molar-refractivity contribution in [3.63, 3.8) is 0 Å². The summed E-state index contributed by atoms with van der Waals surface area (Å²) in [6, 6.07) is 0. The standard InChI is InChI=1S/C14H27FO2S/c1-5-8-13(14(16)17-11(2)3)18-10-7-6-9-12(4)15/h11-13H,5-10H2,1-4H3. The number of alkyl halides is 1. The van der Waals surface area contributed by atoms with Crippen molar-refractivity contribution in [2.45, 2.75) is 77.3 Å². The molecule has 0 aromatic rings. The van der Waals surface area contributed by atoms with Crippen molar-refractivity contribution in [1.82, 2.24) is 0 Å². The number of hydrogen-bond acceptors (Lipinski definition) is 3. The molecule has 0 radical (unpaired) electrons. The van der Waals surface area contributed by atoms with Crippen LogP contribution in [0.4, 0.5) is 4.39 Å². The Bertz CT molecular complexity index is 220. The summed E-state index contributed by atoms with van der Waals surface area (Å²) in [7, 11) is 0. The van der Waals surface area contributed by atoms with E-state index >= 15 is 0 Å². The van der Waals surface area contributed by atoms with Gasteiger partial charge in [0.2, 0.25) is 0 Å². The second kappa shape index (κ2) is 10.7.